The molecule has 0 bridgehead atoms. The minimum absolute atomic E-state index is 0.149. The molecule has 1 amide bonds. The number of aromatic nitrogens is 1. The van der Waals surface area contributed by atoms with Crippen LogP contribution in [0, 0.1) is 11.3 Å². The summed E-state index contributed by atoms with van der Waals surface area (Å²) in [5.74, 6) is -4.00. The topological polar surface area (TPSA) is 74.1 Å². The quantitative estimate of drug-likeness (QED) is 0.587. The normalized spacial score (nSPS) is 18.0. The highest BCUT2D eigenvalue weighted by molar-refractivity contribution is 6.30. The Morgan fingerprint density at radius 2 is 1.97 bits per heavy atom. The van der Waals surface area contributed by atoms with E-state index in [0.29, 0.717) is 16.1 Å². The lowest BCUT2D eigenvalue weighted by Gasteiger charge is -2.19. The fourth-order valence-electron chi connectivity index (χ4n) is 3.53. The first-order chi connectivity index (χ1) is 14.7. The smallest absolute Gasteiger partial charge is 0.268 e. The van der Waals surface area contributed by atoms with Gasteiger partial charge in [-0.2, -0.15) is 5.26 Å². The molecule has 1 atom stereocenters. The van der Waals surface area contributed by atoms with Crippen LogP contribution in [0.2, 0.25) is 5.02 Å². The number of amides is 1. The van der Waals surface area contributed by atoms with Gasteiger partial charge >= 0.3 is 0 Å². The van der Waals surface area contributed by atoms with Crippen molar-refractivity contribution in [3.05, 3.63) is 64.4 Å². The first-order valence-electron chi connectivity index (χ1n) is 9.68. The molecule has 0 aliphatic carbocycles. The number of pyridine rings is 1. The highest BCUT2D eigenvalue weighted by atomic mass is 35.5. The van der Waals surface area contributed by atoms with Crippen LogP contribution in [0.15, 0.2) is 42.7 Å². The zero-order chi connectivity index (χ0) is 22.6. The molecule has 0 N–H and O–H groups in total. The fourth-order valence-corrected chi connectivity index (χ4v) is 3.66. The van der Waals surface area contributed by atoms with Crippen LogP contribution in [0.25, 0.3) is 11.6 Å². The van der Waals surface area contributed by atoms with E-state index in [2.05, 4.69) is 4.98 Å². The molecule has 160 valence electrons. The van der Waals surface area contributed by atoms with Crippen molar-refractivity contribution < 1.29 is 18.4 Å². The molecule has 1 aliphatic heterocycles. The lowest BCUT2D eigenvalue weighted by atomic mass is 9.96. The third-order valence-electron chi connectivity index (χ3n) is 5.10. The van der Waals surface area contributed by atoms with Crippen LogP contribution in [0.4, 0.5) is 8.78 Å². The maximum absolute atomic E-state index is 13.6. The Balaban J connectivity index is 1.72. The van der Waals surface area contributed by atoms with E-state index in [1.54, 1.807) is 30.5 Å². The Hall–Kier alpha value is -3.11. The number of benzene rings is 1. The van der Waals surface area contributed by atoms with Crippen molar-refractivity contribution in [3.63, 3.8) is 0 Å². The minimum atomic E-state index is -3.08. The van der Waals surface area contributed by atoms with Gasteiger partial charge < -0.3 is 4.90 Å². The Kier molecular flexibility index (Phi) is 6.81. The van der Waals surface area contributed by atoms with Crippen LogP contribution < -0.4 is 0 Å². The van der Waals surface area contributed by atoms with Crippen molar-refractivity contribution in [2.24, 2.45) is 0 Å². The van der Waals surface area contributed by atoms with Crippen molar-refractivity contribution in [1.82, 2.24) is 9.88 Å². The van der Waals surface area contributed by atoms with E-state index in [-0.39, 0.29) is 18.6 Å². The molecule has 2 heterocycles. The number of hydrogen-bond donors (Lipinski definition) is 0. The van der Waals surface area contributed by atoms with Crippen LogP contribution in [0.3, 0.4) is 0 Å². The van der Waals surface area contributed by atoms with Gasteiger partial charge in [-0.05, 0) is 36.3 Å². The monoisotopic (exact) mass is 443 g/mol. The van der Waals surface area contributed by atoms with Gasteiger partial charge in [-0.15, -0.1) is 0 Å². The highest BCUT2D eigenvalue weighted by Crippen LogP contribution is 2.32. The van der Waals surface area contributed by atoms with E-state index < -0.39 is 30.8 Å². The summed E-state index contributed by atoms with van der Waals surface area (Å²) in [5.41, 5.74) is 2.72. The number of alkyl halides is 2. The summed E-state index contributed by atoms with van der Waals surface area (Å²) >= 11 is 5.91. The average molecular weight is 444 g/mol. The molecule has 3 rings (SSSR count). The lowest BCUT2D eigenvalue weighted by molar-refractivity contribution is -0.132. The van der Waals surface area contributed by atoms with E-state index >= 15 is 0 Å². The average Bonchev–Trinajstić information content (AvgIpc) is 3.08. The second-order valence-corrected chi connectivity index (χ2v) is 7.89. The van der Waals surface area contributed by atoms with Crippen molar-refractivity contribution in [1.29, 1.82) is 5.26 Å². The van der Waals surface area contributed by atoms with E-state index in [9.17, 15) is 18.4 Å². The van der Waals surface area contributed by atoms with Crippen LogP contribution in [-0.2, 0) is 4.79 Å². The summed E-state index contributed by atoms with van der Waals surface area (Å²) in [6.07, 6.45) is 3.88. The highest BCUT2D eigenvalue weighted by Gasteiger charge is 2.47. The predicted octanol–water partition coefficient (Wildman–Crippen LogP) is 5.02. The first kappa shape index (κ1) is 22.6. The second-order valence-electron chi connectivity index (χ2n) is 7.45. The standard InChI is InChI=1S/C23H20ClF2N3O2/c1-15(10-16-2-4-17(24)5-3-16)20-13-28-9-8-19(20)21(30)6-7-22(31)29-14-23(25,26)11-18(29)12-27/h2-5,8-10,13,18H,6-7,11,14H2,1H3/b15-10+/t18-/m0/s1. The number of allylic oxidation sites excluding steroid dienone is 1. The van der Waals surface area contributed by atoms with Crippen molar-refractivity contribution >= 4 is 34.9 Å². The summed E-state index contributed by atoms with van der Waals surface area (Å²) in [7, 11) is 0. The van der Waals surface area contributed by atoms with Crippen LogP contribution in [-0.4, -0.2) is 40.1 Å². The molecule has 2 aromatic rings. The number of likely N-dealkylation sites (tertiary alicyclic amines) is 1. The van der Waals surface area contributed by atoms with E-state index in [1.165, 1.54) is 6.20 Å². The number of nitriles is 1. The number of hydrogen-bond acceptors (Lipinski definition) is 4. The summed E-state index contributed by atoms with van der Waals surface area (Å²) in [6, 6.07) is 9.36. The van der Waals surface area contributed by atoms with Crippen molar-refractivity contribution in [3.8, 4) is 6.07 Å². The van der Waals surface area contributed by atoms with Gasteiger partial charge in [0.1, 0.15) is 6.04 Å². The fraction of sp³-hybridized carbons (Fsp3) is 0.304. The molecular formula is C23H20ClF2N3O2. The van der Waals surface area contributed by atoms with E-state index in [4.69, 9.17) is 16.9 Å². The van der Waals surface area contributed by atoms with Crippen LogP contribution in [0.1, 0.15) is 47.7 Å². The van der Waals surface area contributed by atoms with Gasteiger partial charge in [-0.25, -0.2) is 8.78 Å². The molecule has 1 aliphatic rings. The number of rotatable bonds is 6. The summed E-state index contributed by atoms with van der Waals surface area (Å²) in [4.78, 5) is 30.1. The Labute approximate surface area is 184 Å². The number of ketones is 1. The maximum atomic E-state index is 13.6. The van der Waals surface area contributed by atoms with Crippen molar-refractivity contribution in [2.75, 3.05) is 6.54 Å². The number of halogens is 3. The van der Waals surface area contributed by atoms with Gasteiger partial charge in [-0.3, -0.25) is 14.6 Å². The van der Waals surface area contributed by atoms with E-state index in [0.717, 1.165) is 16.0 Å². The Bertz CT molecular complexity index is 1060. The minimum Gasteiger partial charge on any atom is -0.320 e. The van der Waals surface area contributed by atoms with Crippen molar-refractivity contribution in [2.45, 2.75) is 38.2 Å². The van der Waals surface area contributed by atoms with E-state index in [1.807, 2.05) is 25.1 Å². The van der Waals surface area contributed by atoms with Gasteiger partial charge in [0, 0.05) is 47.8 Å². The summed E-state index contributed by atoms with van der Waals surface area (Å²) in [5, 5.41) is 9.66. The molecule has 1 aromatic heterocycles. The Morgan fingerprint density at radius 3 is 2.65 bits per heavy atom. The van der Waals surface area contributed by atoms with Gasteiger partial charge in [0.2, 0.25) is 5.91 Å². The third-order valence-corrected chi connectivity index (χ3v) is 5.36. The molecule has 1 saturated heterocycles. The zero-order valence-corrected chi connectivity index (χ0v) is 17.6. The predicted molar refractivity (Wildman–Crippen MR) is 113 cm³/mol. The number of Topliss-reactive ketones (excluding diaryl/α,β-unsaturated/α-hetero) is 1. The maximum Gasteiger partial charge on any atom is 0.268 e. The molecular weight excluding hydrogens is 424 g/mol. The molecule has 0 radical (unpaired) electrons. The summed E-state index contributed by atoms with van der Waals surface area (Å²) in [6.45, 7) is 1.05. The molecule has 0 unspecified atom stereocenters. The molecule has 0 spiro atoms. The first-order valence-corrected chi connectivity index (χ1v) is 10.1. The number of carbonyl (C=O) groups excluding carboxylic acids is 2. The lowest BCUT2D eigenvalue weighted by Crippen LogP contribution is -2.36. The summed E-state index contributed by atoms with van der Waals surface area (Å²) < 4.78 is 27.1. The molecule has 1 fully saturated rings. The SMILES string of the molecule is C/C(=C\c1ccc(Cl)cc1)c1cnccc1C(=O)CCC(=O)N1CC(F)(F)C[C@H]1C#N. The number of carbonyl (C=O) groups is 2. The second kappa shape index (κ2) is 9.36. The van der Waals surface area contributed by atoms with Gasteiger partial charge in [-0.1, -0.05) is 29.8 Å². The van der Waals surface area contributed by atoms with Gasteiger partial charge in [0.25, 0.3) is 5.92 Å². The third kappa shape index (κ3) is 5.53. The number of nitrogens with zero attached hydrogens (tertiary/aromatic N) is 3. The molecule has 31 heavy (non-hydrogen) atoms. The largest absolute Gasteiger partial charge is 0.320 e. The zero-order valence-electron chi connectivity index (χ0n) is 16.8. The molecule has 8 heteroatoms. The van der Waals surface area contributed by atoms with Gasteiger partial charge in [0.15, 0.2) is 5.78 Å². The van der Waals surface area contributed by atoms with Gasteiger partial charge in [0.05, 0.1) is 12.6 Å². The van der Waals surface area contributed by atoms with Crippen LogP contribution in [0.5, 0.6) is 0 Å². The molecule has 1 aromatic carbocycles. The molecule has 5 nitrogen and oxygen atoms in total. The molecule has 0 saturated carbocycles. The Morgan fingerprint density at radius 1 is 1.26 bits per heavy atom. The van der Waals surface area contributed by atoms with Crippen LogP contribution >= 0.6 is 11.6 Å².